The lowest BCUT2D eigenvalue weighted by atomic mass is 10.2. The number of methoxy groups -OCH3 is 1. The molecule has 1 saturated heterocycles. The minimum atomic E-state index is -3.59. The van der Waals surface area contributed by atoms with Crippen LogP contribution in [0.3, 0.4) is 0 Å². The summed E-state index contributed by atoms with van der Waals surface area (Å²) in [6, 6.07) is 6.02. The average Bonchev–Trinajstić information content (AvgIpc) is 2.68. The minimum Gasteiger partial charge on any atom is -0.385 e. The first-order valence-electron chi connectivity index (χ1n) is 9.04. The van der Waals surface area contributed by atoms with Gasteiger partial charge in [0, 0.05) is 39.0 Å². The number of likely N-dealkylation sites (N-methyl/N-ethyl adjacent to an activating group) is 1. The van der Waals surface area contributed by atoms with Crippen molar-refractivity contribution in [2.75, 3.05) is 58.9 Å². The zero-order chi connectivity index (χ0) is 19.9. The standard InChI is InChI=1S/C18H29N3O5S/c1-15(20(2)8-5-11-25-3)18(22)19-16-6-4-7-17(14-16)27(23,24)21-9-12-26-13-10-21/h4,6-7,14-15H,5,8-13H2,1-3H3,(H,19,22). The molecule has 0 bridgehead atoms. The number of morpholine rings is 1. The summed E-state index contributed by atoms with van der Waals surface area (Å²) in [5.74, 6) is -0.184. The maximum absolute atomic E-state index is 12.8. The van der Waals surface area contributed by atoms with Crippen LogP contribution in [0, 0.1) is 0 Å². The third-order valence-corrected chi connectivity index (χ3v) is 6.50. The van der Waals surface area contributed by atoms with Gasteiger partial charge >= 0.3 is 0 Å². The second kappa shape index (κ2) is 10.1. The van der Waals surface area contributed by atoms with Crippen LogP contribution in [0.2, 0.25) is 0 Å². The van der Waals surface area contributed by atoms with Crippen LogP contribution >= 0.6 is 0 Å². The molecule has 1 unspecified atom stereocenters. The van der Waals surface area contributed by atoms with Crippen molar-refractivity contribution in [3.8, 4) is 0 Å². The van der Waals surface area contributed by atoms with Crippen LogP contribution in [-0.2, 0) is 24.3 Å². The Kier molecular flexibility index (Phi) is 8.18. The van der Waals surface area contributed by atoms with Crippen LogP contribution in [0.25, 0.3) is 0 Å². The van der Waals surface area contributed by atoms with Crippen molar-refractivity contribution in [2.45, 2.75) is 24.3 Å². The number of nitrogens with one attached hydrogen (secondary N) is 1. The van der Waals surface area contributed by atoms with Crippen molar-refractivity contribution in [1.82, 2.24) is 9.21 Å². The molecule has 152 valence electrons. The number of hydrogen-bond acceptors (Lipinski definition) is 6. The third-order valence-electron chi connectivity index (χ3n) is 4.61. The monoisotopic (exact) mass is 399 g/mol. The SMILES string of the molecule is COCCCN(C)C(C)C(=O)Nc1cccc(S(=O)(=O)N2CCOCC2)c1. The second-order valence-electron chi connectivity index (χ2n) is 6.54. The van der Waals surface area contributed by atoms with Crippen molar-refractivity contribution in [2.24, 2.45) is 0 Å². The van der Waals surface area contributed by atoms with E-state index in [0.29, 0.717) is 38.6 Å². The molecule has 9 heteroatoms. The summed E-state index contributed by atoms with van der Waals surface area (Å²) in [7, 11) is -0.0730. The third kappa shape index (κ3) is 5.98. The number of rotatable bonds is 9. The van der Waals surface area contributed by atoms with E-state index in [0.717, 1.165) is 13.0 Å². The number of benzene rings is 1. The normalized spacial score (nSPS) is 17.0. The Hall–Kier alpha value is -1.52. The fourth-order valence-corrected chi connectivity index (χ4v) is 4.22. The van der Waals surface area contributed by atoms with Crippen molar-refractivity contribution in [3.63, 3.8) is 0 Å². The number of sulfonamides is 1. The highest BCUT2D eigenvalue weighted by atomic mass is 32.2. The summed E-state index contributed by atoms with van der Waals surface area (Å²) in [6.45, 7) is 4.64. The molecule has 1 aromatic carbocycles. The molecule has 8 nitrogen and oxygen atoms in total. The van der Waals surface area contributed by atoms with Gasteiger partial charge in [0.2, 0.25) is 15.9 Å². The molecule has 2 rings (SSSR count). The largest absolute Gasteiger partial charge is 0.385 e. The highest BCUT2D eigenvalue weighted by Crippen LogP contribution is 2.21. The van der Waals surface area contributed by atoms with E-state index in [2.05, 4.69) is 5.32 Å². The second-order valence-corrected chi connectivity index (χ2v) is 8.47. The Balaban J connectivity index is 2.03. The summed E-state index contributed by atoms with van der Waals surface area (Å²) in [5.41, 5.74) is 0.464. The zero-order valence-corrected chi connectivity index (χ0v) is 17.0. The number of carbonyl (C=O) groups excluding carboxylic acids is 1. The maximum atomic E-state index is 12.8. The number of ether oxygens (including phenoxy) is 2. The molecular weight excluding hydrogens is 370 g/mol. The molecule has 1 N–H and O–H groups in total. The van der Waals surface area contributed by atoms with E-state index in [-0.39, 0.29) is 16.8 Å². The van der Waals surface area contributed by atoms with Crippen molar-refractivity contribution >= 4 is 21.6 Å². The van der Waals surface area contributed by atoms with E-state index in [1.807, 2.05) is 18.9 Å². The van der Waals surface area contributed by atoms with Crippen LogP contribution in [0.4, 0.5) is 5.69 Å². The fraction of sp³-hybridized carbons (Fsp3) is 0.611. The van der Waals surface area contributed by atoms with Gasteiger partial charge < -0.3 is 14.8 Å². The Morgan fingerprint density at radius 2 is 2.07 bits per heavy atom. The summed E-state index contributed by atoms with van der Waals surface area (Å²) >= 11 is 0. The van der Waals surface area contributed by atoms with E-state index >= 15 is 0 Å². The number of hydrogen-bond donors (Lipinski definition) is 1. The fourth-order valence-electron chi connectivity index (χ4n) is 2.77. The van der Waals surface area contributed by atoms with Gasteiger partial charge in [-0.05, 0) is 38.6 Å². The van der Waals surface area contributed by atoms with Crippen molar-refractivity contribution in [3.05, 3.63) is 24.3 Å². The van der Waals surface area contributed by atoms with Crippen molar-refractivity contribution < 1.29 is 22.7 Å². The molecule has 1 aliphatic rings. The molecule has 1 amide bonds. The van der Waals surface area contributed by atoms with Crippen LogP contribution in [0.15, 0.2) is 29.2 Å². The Bertz CT molecular complexity index is 719. The van der Waals surface area contributed by atoms with Gasteiger partial charge in [-0.15, -0.1) is 0 Å². The number of anilines is 1. The lowest BCUT2D eigenvalue weighted by Gasteiger charge is -2.26. The lowest BCUT2D eigenvalue weighted by Crippen LogP contribution is -2.41. The van der Waals surface area contributed by atoms with E-state index in [9.17, 15) is 13.2 Å². The van der Waals surface area contributed by atoms with Gasteiger partial charge in [-0.2, -0.15) is 4.31 Å². The van der Waals surface area contributed by atoms with Gasteiger partial charge in [-0.1, -0.05) is 6.07 Å². The maximum Gasteiger partial charge on any atom is 0.243 e. The number of carbonyl (C=O) groups is 1. The molecular formula is C18H29N3O5S. The summed E-state index contributed by atoms with van der Waals surface area (Å²) in [6.07, 6.45) is 0.831. The lowest BCUT2D eigenvalue weighted by molar-refractivity contribution is -0.120. The van der Waals surface area contributed by atoms with Gasteiger partial charge in [0.15, 0.2) is 0 Å². The smallest absolute Gasteiger partial charge is 0.243 e. The molecule has 27 heavy (non-hydrogen) atoms. The minimum absolute atomic E-state index is 0.170. The van der Waals surface area contributed by atoms with E-state index < -0.39 is 10.0 Å². The molecule has 0 aliphatic carbocycles. The zero-order valence-electron chi connectivity index (χ0n) is 16.2. The predicted octanol–water partition coefficient (Wildman–Crippen LogP) is 1.00. The summed E-state index contributed by atoms with van der Waals surface area (Å²) in [5, 5.41) is 2.81. The first kappa shape index (κ1) is 21.8. The molecule has 1 aromatic rings. The van der Waals surface area contributed by atoms with Gasteiger partial charge in [0.25, 0.3) is 0 Å². The molecule has 0 saturated carbocycles. The van der Waals surface area contributed by atoms with Gasteiger partial charge in [-0.25, -0.2) is 8.42 Å². The van der Waals surface area contributed by atoms with Crippen LogP contribution in [0.5, 0.6) is 0 Å². The highest BCUT2D eigenvalue weighted by molar-refractivity contribution is 7.89. The Morgan fingerprint density at radius 1 is 1.37 bits per heavy atom. The molecule has 1 fully saturated rings. The molecule has 0 radical (unpaired) electrons. The van der Waals surface area contributed by atoms with E-state index in [1.54, 1.807) is 25.3 Å². The van der Waals surface area contributed by atoms with Gasteiger partial charge in [0.1, 0.15) is 0 Å². The quantitative estimate of drug-likeness (QED) is 0.624. The molecule has 1 heterocycles. The van der Waals surface area contributed by atoms with Gasteiger partial charge in [-0.3, -0.25) is 9.69 Å². The van der Waals surface area contributed by atoms with Crippen molar-refractivity contribution in [1.29, 1.82) is 0 Å². The van der Waals surface area contributed by atoms with E-state index in [4.69, 9.17) is 9.47 Å². The van der Waals surface area contributed by atoms with Crippen LogP contribution in [-0.4, -0.2) is 83.2 Å². The molecule has 1 aliphatic heterocycles. The first-order valence-corrected chi connectivity index (χ1v) is 10.5. The number of amides is 1. The Morgan fingerprint density at radius 3 is 2.74 bits per heavy atom. The number of nitrogens with zero attached hydrogens (tertiary/aromatic N) is 2. The highest BCUT2D eigenvalue weighted by Gasteiger charge is 2.26. The van der Waals surface area contributed by atoms with Gasteiger partial charge in [0.05, 0.1) is 24.2 Å². The summed E-state index contributed by atoms with van der Waals surface area (Å²) < 4.78 is 37.2. The summed E-state index contributed by atoms with van der Waals surface area (Å²) in [4.78, 5) is 14.6. The topological polar surface area (TPSA) is 88.2 Å². The molecule has 1 atom stereocenters. The van der Waals surface area contributed by atoms with Crippen LogP contribution in [0.1, 0.15) is 13.3 Å². The van der Waals surface area contributed by atoms with Crippen LogP contribution < -0.4 is 5.32 Å². The Labute approximate surface area is 161 Å². The first-order chi connectivity index (χ1) is 12.9. The van der Waals surface area contributed by atoms with E-state index in [1.165, 1.54) is 10.4 Å². The molecule has 0 aromatic heterocycles. The predicted molar refractivity (Wildman–Crippen MR) is 103 cm³/mol. The molecule has 0 spiro atoms. The average molecular weight is 400 g/mol.